The Bertz CT molecular complexity index is 618. The zero-order valence-corrected chi connectivity index (χ0v) is 11.4. The Kier molecular flexibility index (Phi) is 4.11. The van der Waals surface area contributed by atoms with E-state index in [2.05, 4.69) is 20.3 Å². The van der Waals surface area contributed by atoms with E-state index in [1.165, 1.54) is 6.92 Å². The average molecular weight is 281 g/mol. The van der Waals surface area contributed by atoms with E-state index >= 15 is 0 Å². The number of hydrogen-bond donors (Lipinski definition) is 1. The fraction of sp³-hybridized carbons (Fsp3) is 0.333. The second kappa shape index (κ2) is 5.79. The van der Waals surface area contributed by atoms with Crippen LogP contribution in [0.5, 0.6) is 5.88 Å². The van der Waals surface area contributed by atoms with E-state index in [9.17, 15) is 4.79 Å². The van der Waals surface area contributed by atoms with E-state index in [0.717, 1.165) is 6.42 Å². The van der Waals surface area contributed by atoms with Gasteiger partial charge < -0.3 is 4.74 Å². The summed E-state index contributed by atoms with van der Waals surface area (Å²) in [6.07, 6.45) is 0.835. The van der Waals surface area contributed by atoms with Gasteiger partial charge in [0.2, 0.25) is 17.7 Å². The summed E-state index contributed by atoms with van der Waals surface area (Å²) in [7, 11) is 0. The number of rotatable bonds is 4. The normalized spacial score (nSPS) is 10.5. The van der Waals surface area contributed by atoms with Crippen LogP contribution in [0, 0.1) is 0 Å². The van der Waals surface area contributed by atoms with Gasteiger partial charge in [0.25, 0.3) is 0 Å². The molecule has 0 aromatic carbocycles. The lowest BCUT2D eigenvalue weighted by atomic mass is 10.3. The fourth-order valence-electron chi connectivity index (χ4n) is 1.48. The molecule has 7 heteroatoms. The van der Waals surface area contributed by atoms with Gasteiger partial charge in [0.1, 0.15) is 5.15 Å². The van der Waals surface area contributed by atoms with Gasteiger partial charge >= 0.3 is 0 Å². The van der Waals surface area contributed by atoms with Crippen molar-refractivity contribution >= 4 is 34.5 Å². The molecule has 2 rings (SSSR count). The maximum Gasteiger partial charge on any atom is 0.245 e. The van der Waals surface area contributed by atoms with Crippen molar-refractivity contribution in [3.63, 3.8) is 0 Å². The molecule has 19 heavy (non-hydrogen) atoms. The molecule has 2 heterocycles. The Morgan fingerprint density at radius 2 is 2.16 bits per heavy atom. The molecule has 0 bridgehead atoms. The Labute approximate surface area is 115 Å². The van der Waals surface area contributed by atoms with Crippen molar-refractivity contribution in [1.29, 1.82) is 0 Å². The monoisotopic (exact) mass is 280 g/mol. The van der Waals surface area contributed by atoms with Gasteiger partial charge in [-0.3, -0.25) is 10.1 Å². The predicted octanol–water partition coefficient (Wildman–Crippen LogP) is 2.43. The van der Waals surface area contributed by atoms with Crippen LogP contribution in [0.15, 0.2) is 12.1 Å². The molecule has 0 atom stereocenters. The minimum Gasteiger partial charge on any atom is -0.476 e. The summed E-state index contributed by atoms with van der Waals surface area (Å²) in [5.41, 5.74) is 1.05. The van der Waals surface area contributed by atoms with Crippen molar-refractivity contribution in [2.75, 3.05) is 11.9 Å². The first-order valence-corrected chi connectivity index (χ1v) is 6.22. The molecular formula is C12H13ClN4O2. The molecule has 0 spiro atoms. The zero-order valence-electron chi connectivity index (χ0n) is 10.6. The zero-order chi connectivity index (χ0) is 13.8. The van der Waals surface area contributed by atoms with E-state index in [4.69, 9.17) is 16.3 Å². The number of carbonyl (C=O) groups excluding carboxylic acids is 1. The quantitative estimate of drug-likeness (QED) is 0.870. The van der Waals surface area contributed by atoms with Crippen LogP contribution in [-0.4, -0.2) is 27.5 Å². The van der Waals surface area contributed by atoms with Gasteiger partial charge in [0.05, 0.1) is 12.1 Å². The highest BCUT2D eigenvalue weighted by Gasteiger charge is 2.11. The number of pyridine rings is 1. The number of ether oxygens (including phenoxy) is 1. The van der Waals surface area contributed by atoms with Gasteiger partial charge in [-0.1, -0.05) is 18.5 Å². The smallest absolute Gasteiger partial charge is 0.245 e. The Balaban J connectivity index is 2.51. The van der Waals surface area contributed by atoms with E-state index in [-0.39, 0.29) is 11.9 Å². The molecule has 0 aliphatic rings. The number of carbonyl (C=O) groups is 1. The van der Waals surface area contributed by atoms with Crippen molar-refractivity contribution in [2.24, 2.45) is 0 Å². The third-order valence-corrected chi connectivity index (χ3v) is 2.42. The lowest BCUT2D eigenvalue weighted by molar-refractivity contribution is -0.114. The molecule has 2 aromatic rings. The van der Waals surface area contributed by atoms with Gasteiger partial charge in [0.15, 0.2) is 5.52 Å². The topological polar surface area (TPSA) is 77.0 Å². The van der Waals surface area contributed by atoms with E-state index < -0.39 is 0 Å². The number of anilines is 1. The third-order valence-electron chi connectivity index (χ3n) is 2.21. The second-order valence-electron chi connectivity index (χ2n) is 3.88. The number of aromatic nitrogens is 3. The number of amides is 1. The van der Waals surface area contributed by atoms with Crippen molar-refractivity contribution in [3.05, 3.63) is 17.3 Å². The molecule has 0 fully saturated rings. The summed E-state index contributed by atoms with van der Waals surface area (Å²) in [4.78, 5) is 23.5. The molecule has 1 amide bonds. The molecule has 0 saturated heterocycles. The van der Waals surface area contributed by atoms with Crippen molar-refractivity contribution in [3.8, 4) is 5.88 Å². The van der Waals surface area contributed by atoms with E-state index in [0.29, 0.717) is 28.7 Å². The molecule has 6 nitrogen and oxygen atoms in total. The largest absolute Gasteiger partial charge is 0.476 e. The van der Waals surface area contributed by atoms with Gasteiger partial charge in [0, 0.05) is 6.92 Å². The Morgan fingerprint density at radius 3 is 2.84 bits per heavy atom. The lowest BCUT2D eigenvalue weighted by Gasteiger charge is -2.09. The third kappa shape index (κ3) is 3.29. The maximum atomic E-state index is 11.1. The number of halogens is 1. The molecule has 0 aliphatic heterocycles. The van der Waals surface area contributed by atoms with Crippen LogP contribution < -0.4 is 10.1 Å². The lowest BCUT2D eigenvalue weighted by Crippen LogP contribution is -2.11. The molecule has 0 radical (unpaired) electrons. The first kappa shape index (κ1) is 13.5. The van der Waals surface area contributed by atoms with Gasteiger partial charge in [-0.25, -0.2) is 9.97 Å². The summed E-state index contributed by atoms with van der Waals surface area (Å²) in [5.74, 6) is 0.260. The summed E-state index contributed by atoms with van der Waals surface area (Å²) in [6.45, 7) is 3.87. The predicted molar refractivity (Wildman–Crippen MR) is 72.4 cm³/mol. The van der Waals surface area contributed by atoms with Crippen LogP contribution in [0.25, 0.3) is 11.0 Å². The minimum absolute atomic E-state index is 0.190. The van der Waals surface area contributed by atoms with Gasteiger partial charge in [-0.05, 0) is 18.6 Å². The second-order valence-corrected chi connectivity index (χ2v) is 4.27. The van der Waals surface area contributed by atoms with Crippen LogP contribution in [0.3, 0.4) is 0 Å². The molecule has 2 aromatic heterocycles. The molecule has 0 aliphatic carbocycles. The molecule has 0 unspecified atom stereocenters. The summed E-state index contributed by atoms with van der Waals surface area (Å²) in [6, 6.07) is 3.33. The number of nitrogens with zero attached hydrogens (tertiary/aromatic N) is 3. The molecular weight excluding hydrogens is 268 g/mol. The minimum atomic E-state index is -0.247. The van der Waals surface area contributed by atoms with E-state index in [1.54, 1.807) is 12.1 Å². The first-order chi connectivity index (χ1) is 9.10. The highest BCUT2D eigenvalue weighted by molar-refractivity contribution is 6.29. The summed E-state index contributed by atoms with van der Waals surface area (Å²) in [5, 5.41) is 2.86. The highest BCUT2D eigenvalue weighted by atomic mass is 35.5. The van der Waals surface area contributed by atoms with E-state index in [1.807, 2.05) is 6.92 Å². The van der Waals surface area contributed by atoms with Crippen molar-refractivity contribution in [2.45, 2.75) is 20.3 Å². The Hall–Kier alpha value is -1.95. The number of nitrogens with one attached hydrogen (secondary N) is 1. The number of fused-ring (bicyclic) bond motifs is 1. The number of hydrogen-bond acceptors (Lipinski definition) is 5. The van der Waals surface area contributed by atoms with Gasteiger partial charge in [-0.2, -0.15) is 4.98 Å². The van der Waals surface area contributed by atoms with Crippen LogP contribution in [0.2, 0.25) is 5.15 Å². The van der Waals surface area contributed by atoms with Crippen molar-refractivity contribution in [1.82, 2.24) is 15.0 Å². The van der Waals surface area contributed by atoms with Crippen LogP contribution in [0.1, 0.15) is 20.3 Å². The summed E-state index contributed by atoms with van der Waals surface area (Å²) >= 11 is 5.86. The SMILES string of the molecule is CCCOc1nc(NC(C)=O)nc2ccc(Cl)nc12. The molecule has 0 saturated carbocycles. The molecule has 100 valence electrons. The molecule has 1 N–H and O–H groups in total. The van der Waals surface area contributed by atoms with Crippen molar-refractivity contribution < 1.29 is 9.53 Å². The fourth-order valence-corrected chi connectivity index (χ4v) is 1.62. The standard InChI is InChI=1S/C12H13ClN4O2/c1-3-6-19-11-10-8(4-5-9(13)16-10)15-12(17-11)14-7(2)18/h4-5H,3,6H2,1-2H3,(H,14,15,17,18). The maximum absolute atomic E-state index is 11.1. The van der Waals surface area contributed by atoms with Crippen LogP contribution in [0.4, 0.5) is 5.95 Å². The van der Waals surface area contributed by atoms with Crippen LogP contribution >= 0.6 is 11.6 Å². The van der Waals surface area contributed by atoms with Gasteiger partial charge in [-0.15, -0.1) is 0 Å². The average Bonchev–Trinajstić information content (AvgIpc) is 2.35. The highest BCUT2D eigenvalue weighted by Crippen LogP contribution is 2.24. The Morgan fingerprint density at radius 1 is 1.37 bits per heavy atom. The summed E-state index contributed by atoms with van der Waals surface area (Å²) < 4.78 is 5.52. The van der Waals surface area contributed by atoms with Crippen LogP contribution in [-0.2, 0) is 4.79 Å². The first-order valence-electron chi connectivity index (χ1n) is 5.85.